The summed E-state index contributed by atoms with van der Waals surface area (Å²) in [5.41, 5.74) is 2.48. The predicted octanol–water partition coefficient (Wildman–Crippen LogP) is 2.96. The summed E-state index contributed by atoms with van der Waals surface area (Å²) in [6, 6.07) is 9.41. The summed E-state index contributed by atoms with van der Waals surface area (Å²) >= 11 is 0. The lowest BCUT2D eigenvalue weighted by Gasteiger charge is -2.10. The number of carbonyl (C=O) groups is 1. The van der Waals surface area contributed by atoms with Crippen LogP contribution in [0.15, 0.2) is 39.4 Å². The minimum absolute atomic E-state index is 0.339. The summed E-state index contributed by atoms with van der Waals surface area (Å²) in [6.45, 7) is 2.68. The quantitative estimate of drug-likeness (QED) is 0.796. The van der Waals surface area contributed by atoms with Gasteiger partial charge in [0.2, 0.25) is 0 Å². The predicted molar refractivity (Wildman–Crippen MR) is 84.5 cm³/mol. The number of amides is 1. The van der Waals surface area contributed by atoms with Crippen molar-refractivity contribution < 1.29 is 18.6 Å². The molecule has 0 atom stereocenters. The molecule has 1 aliphatic rings. The van der Waals surface area contributed by atoms with Gasteiger partial charge < -0.3 is 19.1 Å². The van der Waals surface area contributed by atoms with Gasteiger partial charge in [0.25, 0.3) is 5.91 Å². The lowest BCUT2D eigenvalue weighted by molar-refractivity contribution is 0.101. The van der Waals surface area contributed by atoms with Gasteiger partial charge in [-0.1, -0.05) is 40.6 Å². The molecule has 122 valence electrons. The molecular formula is C17H15N3O4. The molecule has 4 rings (SSSR count). The fourth-order valence-corrected chi connectivity index (χ4v) is 2.73. The number of hydrogen-bond acceptors (Lipinski definition) is 6. The molecule has 0 aliphatic carbocycles. The summed E-state index contributed by atoms with van der Waals surface area (Å²) < 4.78 is 15.9. The van der Waals surface area contributed by atoms with E-state index >= 15 is 0 Å². The zero-order valence-corrected chi connectivity index (χ0v) is 13.0. The van der Waals surface area contributed by atoms with Gasteiger partial charge in [-0.25, -0.2) is 0 Å². The first-order valence-corrected chi connectivity index (χ1v) is 7.62. The highest BCUT2D eigenvalue weighted by Crippen LogP contribution is 2.28. The van der Waals surface area contributed by atoms with Crippen molar-refractivity contribution in [1.82, 2.24) is 10.3 Å². The molecule has 1 aromatic carbocycles. The molecular weight excluding hydrogens is 310 g/mol. The number of aromatic nitrogens is 2. The van der Waals surface area contributed by atoms with Crippen LogP contribution in [0.1, 0.15) is 27.4 Å². The largest absolute Gasteiger partial charge is 0.376 e. The van der Waals surface area contributed by atoms with Crippen molar-refractivity contribution in [3.63, 3.8) is 0 Å². The van der Waals surface area contributed by atoms with Crippen LogP contribution in [0.2, 0.25) is 0 Å². The smallest absolute Gasteiger partial charge is 0.262 e. The Balaban J connectivity index is 1.66. The second-order valence-electron chi connectivity index (χ2n) is 5.52. The first-order valence-electron chi connectivity index (χ1n) is 7.62. The number of benzene rings is 1. The van der Waals surface area contributed by atoms with Crippen molar-refractivity contribution in [2.24, 2.45) is 0 Å². The maximum atomic E-state index is 12.7. The van der Waals surface area contributed by atoms with Gasteiger partial charge in [-0.2, -0.15) is 0 Å². The number of carbonyl (C=O) groups excluding carboxylic acids is 1. The molecule has 0 saturated carbocycles. The van der Waals surface area contributed by atoms with Crippen LogP contribution in [0.4, 0.5) is 5.82 Å². The first kappa shape index (κ1) is 14.6. The third-order valence-corrected chi connectivity index (χ3v) is 3.96. The minimum Gasteiger partial charge on any atom is -0.376 e. The number of anilines is 1. The van der Waals surface area contributed by atoms with Crippen molar-refractivity contribution in [2.45, 2.75) is 20.0 Å². The van der Waals surface area contributed by atoms with Gasteiger partial charge in [0, 0.05) is 12.0 Å². The third kappa shape index (κ3) is 2.48. The van der Waals surface area contributed by atoms with E-state index in [0.717, 1.165) is 16.9 Å². The lowest BCUT2D eigenvalue weighted by Crippen LogP contribution is -2.16. The molecule has 0 spiro atoms. The summed E-state index contributed by atoms with van der Waals surface area (Å²) in [7, 11) is 0. The van der Waals surface area contributed by atoms with Crippen LogP contribution in [0.25, 0.3) is 11.3 Å². The molecule has 1 amide bonds. The average molecular weight is 325 g/mol. The summed E-state index contributed by atoms with van der Waals surface area (Å²) in [5, 5.41) is 10.7. The number of aryl methyl sites for hydroxylation is 1. The maximum Gasteiger partial charge on any atom is 0.262 e. The molecule has 1 aliphatic heterocycles. The number of ether oxygens (including phenoxy) is 1. The Labute approximate surface area is 137 Å². The van der Waals surface area contributed by atoms with Crippen molar-refractivity contribution in [3.05, 3.63) is 53.0 Å². The van der Waals surface area contributed by atoms with Crippen LogP contribution < -0.4 is 5.32 Å². The van der Waals surface area contributed by atoms with E-state index in [2.05, 4.69) is 15.6 Å². The maximum absolute atomic E-state index is 12.7. The van der Waals surface area contributed by atoms with Gasteiger partial charge in [-0.3, -0.25) is 4.79 Å². The molecule has 3 heterocycles. The zero-order valence-electron chi connectivity index (χ0n) is 13.0. The standard InChI is InChI=1S/C17H15N3O4/c1-10-14(15(19-23-10)11-5-3-2-4-6-11)17(21)18-16-12-9-22-8-7-13(12)24-20-16/h2-6H,7-9H2,1H3,(H,18,20,21). The Morgan fingerprint density at radius 2 is 2.00 bits per heavy atom. The molecule has 3 aromatic rings. The highest BCUT2D eigenvalue weighted by Gasteiger charge is 2.26. The van der Waals surface area contributed by atoms with Crippen LogP contribution in [0, 0.1) is 6.92 Å². The molecule has 2 aromatic heterocycles. The van der Waals surface area contributed by atoms with Gasteiger partial charge in [0.15, 0.2) is 5.82 Å². The van der Waals surface area contributed by atoms with E-state index in [0.29, 0.717) is 42.5 Å². The van der Waals surface area contributed by atoms with E-state index in [9.17, 15) is 4.79 Å². The van der Waals surface area contributed by atoms with E-state index < -0.39 is 0 Å². The highest BCUT2D eigenvalue weighted by molar-refractivity contribution is 6.08. The number of hydrogen-bond donors (Lipinski definition) is 1. The Morgan fingerprint density at radius 3 is 2.83 bits per heavy atom. The van der Waals surface area contributed by atoms with E-state index in [4.69, 9.17) is 13.8 Å². The van der Waals surface area contributed by atoms with Gasteiger partial charge in [-0.05, 0) is 6.92 Å². The second-order valence-corrected chi connectivity index (χ2v) is 5.52. The average Bonchev–Trinajstić information content (AvgIpc) is 3.20. The van der Waals surface area contributed by atoms with Crippen molar-refractivity contribution in [1.29, 1.82) is 0 Å². The molecule has 0 unspecified atom stereocenters. The van der Waals surface area contributed by atoms with Gasteiger partial charge >= 0.3 is 0 Å². The molecule has 1 N–H and O–H groups in total. The monoisotopic (exact) mass is 325 g/mol. The lowest BCUT2D eigenvalue weighted by atomic mass is 10.1. The van der Waals surface area contributed by atoms with Crippen LogP contribution in [0.5, 0.6) is 0 Å². The summed E-state index contributed by atoms with van der Waals surface area (Å²) in [5.74, 6) is 1.24. The van der Waals surface area contributed by atoms with E-state index in [1.165, 1.54) is 0 Å². The SMILES string of the molecule is Cc1onc(-c2ccccc2)c1C(=O)Nc1noc2c1COCC2. The third-order valence-electron chi connectivity index (χ3n) is 3.96. The topological polar surface area (TPSA) is 90.4 Å². The van der Waals surface area contributed by atoms with E-state index in [-0.39, 0.29) is 5.91 Å². The molecule has 0 fully saturated rings. The van der Waals surface area contributed by atoms with E-state index in [1.807, 2.05) is 30.3 Å². The van der Waals surface area contributed by atoms with Crippen LogP contribution in [-0.2, 0) is 17.8 Å². The highest BCUT2D eigenvalue weighted by atomic mass is 16.5. The molecule has 7 nitrogen and oxygen atoms in total. The Hall–Kier alpha value is -2.93. The number of nitrogens with one attached hydrogen (secondary N) is 1. The minimum atomic E-state index is -0.339. The molecule has 24 heavy (non-hydrogen) atoms. The van der Waals surface area contributed by atoms with Crippen LogP contribution >= 0.6 is 0 Å². The number of fused-ring (bicyclic) bond motifs is 1. The van der Waals surface area contributed by atoms with Gasteiger partial charge in [-0.15, -0.1) is 0 Å². The van der Waals surface area contributed by atoms with Crippen molar-refractivity contribution in [3.8, 4) is 11.3 Å². The summed E-state index contributed by atoms with van der Waals surface area (Å²) in [6.07, 6.45) is 0.653. The van der Waals surface area contributed by atoms with Crippen molar-refractivity contribution in [2.75, 3.05) is 11.9 Å². The van der Waals surface area contributed by atoms with Crippen molar-refractivity contribution >= 4 is 11.7 Å². The zero-order chi connectivity index (χ0) is 16.5. The number of nitrogens with zero attached hydrogens (tertiary/aromatic N) is 2. The fourth-order valence-electron chi connectivity index (χ4n) is 2.73. The Bertz CT molecular complexity index is 883. The van der Waals surface area contributed by atoms with Gasteiger partial charge in [0.05, 0.1) is 18.8 Å². The second kappa shape index (κ2) is 5.93. The molecule has 0 saturated heterocycles. The Kier molecular flexibility index (Phi) is 3.62. The van der Waals surface area contributed by atoms with Crippen LogP contribution in [0.3, 0.4) is 0 Å². The number of rotatable bonds is 3. The first-order chi connectivity index (χ1) is 11.7. The Morgan fingerprint density at radius 1 is 1.17 bits per heavy atom. The molecule has 7 heteroatoms. The van der Waals surface area contributed by atoms with Gasteiger partial charge in [0.1, 0.15) is 22.8 Å². The molecule has 0 bridgehead atoms. The summed E-state index contributed by atoms with van der Waals surface area (Å²) in [4.78, 5) is 12.7. The van der Waals surface area contributed by atoms with Crippen LogP contribution in [-0.4, -0.2) is 22.8 Å². The normalized spacial score (nSPS) is 13.5. The fraction of sp³-hybridized carbons (Fsp3) is 0.235. The van der Waals surface area contributed by atoms with E-state index in [1.54, 1.807) is 6.92 Å². The molecule has 0 radical (unpaired) electrons.